The van der Waals surface area contributed by atoms with Gasteiger partial charge in [0.2, 0.25) is 5.91 Å². The summed E-state index contributed by atoms with van der Waals surface area (Å²) in [5.74, 6) is 0.707. The molecule has 0 spiro atoms. The van der Waals surface area contributed by atoms with Crippen LogP contribution >= 0.6 is 0 Å². The number of nitrogens with zero attached hydrogens (tertiary/aromatic N) is 3. The Labute approximate surface area is 98.8 Å². The second-order valence-electron chi connectivity index (χ2n) is 4.48. The maximum atomic E-state index is 11.7. The largest absolute Gasteiger partial charge is 0.354 e. The van der Waals surface area contributed by atoms with Gasteiger partial charge in [0.1, 0.15) is 12.1 Å². The molecule has 5 heteroatoms. The summed E-state index contributed by atoms with van der Waals surface area (Å²) >= 11 is 0. The Morgan fingerprint density at radius 2 is 2.24 bits per heavy atom. The standard InChI is InChI=1S/C12H14N4O/c17-12(13-7-9-5-6-9)8-16-11-4-2-1-3-10(11)14-15-16/h1-4,9H,5-8H2,(H,13,17). The van der Waals surface area contributed by atoms with Gasteiger partial charge in [-0.05, 0) is 30.9 Å². The van der Waals surface area contributed by atoms with Crippen LogP contribution in [0.2, 0.25) is 0 Å². The summed E-state index contributed by atoms with van der Waals surface area (Å²) in [6.07, 6.45) is 2.49. The van der Waals surface area contributed by atoms with Crippen LogP contribution in [-0.4, -0.2) is 27.4 Å². The number of carbonyl (C=O) groups is 1. The molecule has 0 unspecified atom stereocenters. The molecule has 0 aliphatic heterocycles. The maximum absolute atomic E-state index is 11.7. The van der Waals surface area contributed by atoms with Crippen LogP contribution in [0, 0.1) is 5.92 Å². The number of aromatic nitrogens is 3. The van der Waals surface area contributed by atoms with Crippen molar-refractivity contribution in [3.05, 3.63) is 24.3 Å². The molecule has 1 amide bonds. The Morgan fingerprint density at radius 1 is 1.41 bits per heavy atom. The van der Waals surface area contributed by atoms with E-state index in [4.69, 9.17) is 0 Å². The Bertz CT molecular complexity index is 544. The number of hydrogen-bond donors (Lipinski definition) is 1. The van der Waals surface area contributed by atoms with Crippen LogP contribution < -0.4 is 5.32 Å². The Kier molecular flexibility index (Phi) is 2.51. The fourth-order valence-electron chi connectivity index (χ4n) is 1.81. The lowest BCUT2D eigenvalue weighted by molar-refractivity contribution is -0.121. The third-order valence-electron chi connectivity index (χ3n) is 3.00. The van der Waals surface area contributed by atoms with Crippen molar-refractivity contribution in [2.45, 2.75) is 19.4 Å². The van der Waals surface area contributed by atoms with Gasteiger partial charge in [0.25, 0.3) is 0 Å². The van der Waals surface area contributed by atoms with E-state index in [9.17, 15) is 4.79 Å². The minimum absolute atomic E-state index is 0.00699. The summed E-state index contributed by atoms with van der Waals surface area (Å²) in [6.45, 7) is 1.04. The third-order valence-corrected chi connectivity index (χ3v) is 3.00. The van der Waals surface area contributed by atoms with Crippen molar-refractivity contribution in [3.8, 4) is 0 Å². The van der Waals surface area contributed by atoms with Crippen LogP contribution in [0.5, 0.6) is 0 Å². The number of rotatable bonds is 4. The van der Waals surface area contributed by atoms with Gasteiger partial charge in [0, 0.05) is 6.54 Å². The van der Waals surface area contributed by atoms with Gasteiger partial charge in [-0.1, -0.05) is 17.3 Å². The molecule has 0 bridgehead atoms. The second kappa shape index (κ2) is 4.16. The molecule has 17 heavy (non-hydrogen) atoms. The van der Waals surface area contributed by atoms with Gasteiger partial charge in [0.15, 0.2) is 0 Å². The van der Waals surface area contributed by atoms with E-state index in [-0.39, 0.29) is 12.5 Å². The highest BCUT2D eigenvalue weighted by molar-refractivity contribution is 5.79. The van der Waals surface area contributed by atoms with Crippen molar-refractivity contribution >= 4 is 16.9 Å². The first-order chi connectivity index (χ1) is 8.33. The van der Waals surface area contributed by atoms with E-state index in [1.807, 2.05) is 24.3 Å². The van der Waals surface area contributed by atoms with Crippen LogP contribution in [0.25, 0.3) is 11.0 Å². The van der Waals surface area contributed by atoms with Gasteiger partial charge < -0.3 is 5.32 Å². The second-order valence-corrected chi connectivity index (χ2v) is 4.48. The van der Waals surface area contributed by atoms with E-state index in [0.717, 1.165) is 17.6 Å². The highest BCUT2D eigenvalue weighted by Gasteiger charge is 2.21. The van der Waals surface area contributed by atoms with Crippen molar-refractivity contribution in [1.29, 1.82) is 0 Å². The highest BCUT2D eigenvalue weighted by Crippen LogP contribution is 2.27. The number of carbonyl (C=O) groups excluding carboxylic acids is 1. The van der Waals surface area contributed by atoms with E-state index in [1.165, 1.54) is 12.8 Å². The van der Waals surface area contributed by atoms with E-state index in [1.54, 1.807) is 4.68 Å². The minimum Gasteiger partial charge on any atom is -0.354 e. The molecule has 1 aromatic heterocycles. The molecule has 1 aromatic carbocycles. The van der Waals surface area contributed by atoms with Crippen LogP contribution in [0.4, 0.5) is 0 Å². The Hall–Kier alpha value is -1.91. The topological polar surface area (TPSA) is 59.8 Å². The number of nitrogens with one attached hydrogen (secondary N) is 1. The van der Waals surface area contributed by atoms with E-state index in [0.29, 0.717) is 5.92 Å². The average Bonchev–Trinajstić information content (AvgIpc) is 3.10. The third kappa shape index (κ3) is 2.27. The zero-order chi connectivity index (χ0) is 11.7. The average molecular weight is 230 g/mol. The highest BCUT2D eigenvalue weighted by atomic mass is 16.2. The van der Waals surface area contributed by atoms with Gasteiger partial charge in [-0.3, -0.25) is 4.79 Å². The van der Waals surface area contributed by atoms with Crippen LogP contribution in [0.15, 0.2) is 24.3 Å². The van der Waals surface area contributed by atoms with Crippen LogP contribution in [0.3, 0.4) is 0 Å². The number of para-hydroxylation sites is 1. The lowest BCUT2D eigenvalue weighted by Crippen LogP contribution is -2.29. The zero-order valence-electron chi connectivity index (χ0n) is 9.47. The summed E-state index contributed by atoms with van der Waals surface area (Å²) < 4.78 is 1.64. The summed E-state index contributed by atoms with van der Waals surface area (Å²) in [5.41, 5.74) is 1.72. The first-order valence-electron chi connectivity index (χ1n) is 5.88. The summed E-state index contributed by atoms with van der Waals surface area (Å²) in [4.78, 5) is 11.7. The number of amides is 1. The smallest absolute Gasteiger partial charge is 0.241 e. The molecule has 0 radical (unpaired) electrons. The van der Waals surface area contributed by atoms with E-state index in [2.05, 4.69) is 15.6 Å². The lowest BCUT2D eigenvalue weighted by Gasteiger charge is -2.04. The minimum atomic E-state index is 0.00699. The van der Waals surface area contributed by atoms with Crippen molar-refractivity contribution in [2.75, 3.05) is 6.54 Å². The van der Waals surface area contributed by atoms with Crippen molar-refractivity contribution < 1.29 is 4.79 Å². The van der Waals surface area contributed by atoms with Gasteiger partial charge in [-0.25, -0.2) is 4.68 Å². The van der Waals surface area contributed by atoms with Crippen molar-refractivity contribution in [2.24, 2.45) is 5.92 Å². The molecule has 0 saturated heterocycles. The summed E-state index contributed by atoms with van der Waals surface area (Å²) in [7, 11) is 0. The normalized spacial score (nSPS) is 15.1. The molecule has 1 N–H and O–H groups in total. The van der Waals surface area contributed by atoms with Gasteiger partial charge in [-0.15, -0.1) is 5.10 Å². The fraction of sp³-hybridized carbons (Fsp3) is 0.417. The summed E-state index contributed by atoms with van der Waals surface area (Å²) in [6, 6.07) is 7.64. The van der Waals surface area contributed by atoms with Crippen molar-refractivity contribution in [1.82, 2.24) is 20.3 Å². The predicted octanol–water partition coefficient (Wildman–Crippen LogP) is 0.957. The maximum Gasteiger partial charge on any atom is 0.241 e. The SMILES string of the molecule is O=C(Cn1nnc2ccccc21)NCC1CC1. The molecule has 3 rings (SSSR count). The summed E-state index contributed by atoms with van der Waals surface area (Å²) in [5, 5.41) is 10.9. The van der Waals surface area contributed by atoms with Crippen LogP contribution in [0.1, 0.15) is 12.8 Å². The van der Waals surface area contributed by atoms with Crippen LogP contribution in [-0.2, 0) is 11.3 Å². The molecular weight excluding hydrogens is 216 g/mol. The molecule has 1 saturated carbocycles. The molecule has 2 aromatic rings. The monoisotopic (exact) mass is 230 g/mol. The molecule has 1 heterocycles. The van der Waals surface area contributed by atoms with E-state index < -0.39 is 0 Å². The van der Waals surface area contributed by atoms with E-state index >= 15 is 0 Å². The molecule has 1 aliphatic carbocycles. The lowest BCUT2D eigenvalue weighted by atomic mass is 10.3. The fourth-order valence-corrected chi connectivity index (χ4v) is 1.81. The van der Waals surface area contributed by atoms with Gasteiger partial charge in [0.05, 0.1) is 5.52 Å². The number of fused-ring (bicyclic) bond motifs is 1. The van der Waals surface area contributed by atoms with Gasteiger partial charge in [-0.2, -0.15) is 0 Å². The molecule has 5 nitrogen and oxygen atoms in total. The number of hydrogen-bond acceptors (Lipinski definition) is 3. The first kappa shape index (κ1) is 10.3. The number of benzene rings is 1. The molecule has 1 aliphatic rings. The molecule has 88 valence electrons. The van der Waals surface area contributed by atoms with Gasteiger partial charge >= 0.3 is 0 Å². The molecule has 1 fully saturated rings. The predicted molar refractivity (Wildman–Crippen MR) is 63.3 cm³/mol. The molecular formula is C12H14N4O. The van der Waals surface area contributed by atoms with Crippen molar-refractivity contribution in [3.63, 3.8) is 0 Å². The Balaban J connectivity index is 1.68. The zero-order valence-corrected chi connectivity index (χ0v) is 9.47. The first-order valence-corrected chi connectivity index (χ1v) is 5.88. The molecule has 0 atom stereocenters. The quantitative estimate of drug-likeness (QED) is 0.851. The Morgan fingerprint density at radius 3 is 3.06 bits per heavy atom.